The minimum atomic E-state index is -3.19. The van der Waals surface area contributed by atoms with Crippen molar-refractivity contribution in [3.05, 3.63) is 35.9 Å². The van der Waals surface area contributed by atoms with Crippen molar-refractivity contribution in [3.8, 4) is 0 Å². The molecule has 1 amide bonds. The standard InChI is InChI=1S/C15H20N2O3S/c1-21(19,20)17-11-9-15(17)8-5-10-16(12-15)14(18)13-6-3-2-4-7-13/h2-4,6-7H,5,8-12H2,1H3. The summed E-state index contributed by atoms with van der Waals surface area (Å²) in [5.41, 5.74) is 0.302. The molecular weight excluding hydrogens is 288 g/mol. The van der Waals surface area contributed by atoms with E-state index >= 15 is 0 Å². The zero-order valence-corrected chi connectivity index (χ0v) is 13.0. The summed E-state index contributed by atoms with van der Waals surface area (Å²) in [4.78, 5) is 14.3. The van der Waals surface area contributed by atoms with Gasteiger partial charge in [-0.05, 0) is 31.4 Å². The molecule has 1 spiro atoms. The Hall–Kier alpha value is -1.40. The highest BCUT2D eigenvalue weighted by Gasteiger charge is 2.52. The van der Waals surface area contributed by atoms with E-state index in [4.69, 9.17) is 0 Å². The largest absolute Gasteiger partial charge is 0.337 e. The number of nitrogens with zero attached hydrogens (tertiary/aromatic N) is 2. The van der Waals surface area contributed by atoms with Crippen molar-refractivity contribution in [3.63, 3.8) is 0 Å². The van der Waals surface area contributed by atoms with Gasteiger partial charge in [0.05, 0.1) is 11.8 Å². The number of benzene rings is 1. The monoisotopic (exact) mass is 308 g/mol. The van der Waals surface area contributed by atoms with Crippen LogP contribution in [0, 0.1) is 0 Å². The third kappa shape index (κ3) is 2.58. The molecule has 0 aliphatic carbocycles. The van der Waals surface area contributed by atoms with Gasteiger partial charge in [-0.3, -0.25) is 4.79 Å². The van der Waals surface area contributed by atoms with Gasteiger partial charge in [-0.1, -0.05) is 18.2 Å². The molecule has 3 rings (SSSR count). The van der Waals surface area contributed by atoms with Gasteiger partial charge in [0.25, 0.3) is 5.91 Å². The van der Waals surface area contributed by atoms with Crippen LogP contribution in [0.1, 0.15) is 29.6 Å². The average molecular weight is 308 g/mol. The predicted octanol–water partition coefficient (Wildman–Crippen LogP) is 1.33. The number of hydrogen-bond donors (Lipinski definition) is 0. The minimum Gasteiger partial charge on any atom is -0.337 e. The summed E-state index contributed by atoms with van der Waals surface area (Å²) in [5, 5.41) is 0. The summed E-state index contributed by atoms with van der Waals surface area (Å²) in [7, 11) is -3.19. The summed E-state index contributed by atoms with van der Waals surface area (Å²) in [6.07, 6.45) is 3.80. The molecule has 2 aliphatic rings. The van der Waals surface area contributed by atoms with E-state index in [1.807, 2.05) is 18.2 Å². The number of sulfonamides is 1. The summed E-state index contributed by atoms with van der Waals surface area (Å²) in [5.74, 6) is -0.00461. The Morgan fingerprint density at radius 3 is 2.43 bits per heavy atom. The zero-order valence-electron chi connectivity index (χ0n) is 12.2. The van der Waals surface area contributed by atoms with E-state index in [9.17, 15) is 13.2 Å². The van der Waals surface area contributed by atoms with Crippen LogP contribution in [-0.2, 0) is 10.0 Å². The third-order valence-electron chi connectivity index (χ3n) is 4.57. The Kier molecular flexibility index (Phi) is 3.53. The van der Waals surface area contributed by atoms with Crippen LogP contribution >= 0.6 is 0 Å². The molecule has 0 bridgehead atoms. The summed E-state index contributed by atoms with van der Waals surface area (Å²) < 4.78 is 25.3. The van der Waals surface area contributed by atoms with Gasteiger partial charge < -0.3 is 4.90 Å². The molecule has 2 saturated heterocycles. The van der Waals surface area contributed by atoms with Gasteiger partial charge in [0.15, 0.2) is 0 Å². The Morgan fingerprint density at radius 2 is 1.86 bits per heavy atom. The number of carbonyl (C=O) groups excluding carboxylic acids is 1. The molecule has 0 radical (unpaired) electrons. The van der Waals surface area contributed by atoms with Crippen LogP contribution in [0.3, 0.4) is 0 Å². The lowest BCUT2D eigenvalue weighted by molar-refractivity contribution is -0.00172. The number of piperidine rings is 1. The SMILES string of the molecule is CS(=O)(=O)N1CCC12CCCN(C(=O)c1ccccc1)C2. The highest BCUT2D eigenvalue weighted by Crippen LogP contribution is 2.40. The summed E-state index contributed by atoms with van der Waals surface area (Å²) in [6.45, 7) is 1.78. The zero-order chi connectivity index (χ0) is 15.1. The van der Waals surface area contributed by atoms with Crippen LogP contribution < -0.4 is 0 Å². The quantitative estimate of drug-likeness (QED) is 0.828. The number of carbonyl (C=O) groups is 1. The van der Waals surface area contributed by atoms with Crippen LogP contribution in [0.25, 0.3) is 0 Å². The fourth-order valence-electron chi connectivity index (χ4n) is 3.49. The van der Waals surface area contributed by atoms with Crippen molar-refractivity contribution < 1.29 is 13.2 Å². The van der Waals surface area contributed by atoms with E-state index in [1.165, 1.54) is 6.26 Å². The van der Waals surface area contributed by atoms with Crippen LogP contribution in [-0.4, -0.2) is 55.0 Å². The molecule has 1 aromatic carbocycles. The molecule has 1 unspecified atom stereocenters. The molecule has 2 fully saturated rings. The molecule has 2 aliphatic heterocycles. The maximum absolute atomic E-state index is 12.5. The first-order chi connectivity index (χ1) is 9.92. The second-order valence-electron chi connectivity index (χ2n) is 6.01. The topological polar surface area (TPSA) is 57.7 Å². The van der Waals surface area contributed by atoms with Crippen molar-refractivity contribution in [1.82, 2.24) is 9.21 Å². The van der Waals surface area contributed by atoms with E-state index in [0.717, 1.165) is 19.3 Å². The van der Waals surface area contributed by atoms with Gasteiger partial charge >= 0.3 is 0 Å². The van der Waals surface area contributed by atoms with E-state index in [1.54, 1.807) is 21.3 Å². The molecule has 0 N–H and O–H groups in total. The van der Waals surface area contributed by atoms with Crippen LogP contribution in [0.2, 0.25) is 0 Å². The highest BCUT2D eigenvalue weighted by atomic mass is 32.2. The molecule has 6 heteroatoms. The highest BCUT2D eigenvalue weighted by molar-refractivity contribution is 7.88. The van der Waals surface area contributed by atoms with Crippen LogP contribution in [0.15, 0.2) is 30.3 Å². The molecule has 5 nitrogen and oxygen atoms in total. The summed E-state index contributed by atoms with van der Waals surface area (Å²) >= 11 is 0. The lowest BCUT2D eigenvalue weighted by atomic mass is 9.80. The Balaban J connectivity index is 1.79. The van der Waals surface area contributed by atoms with E-state index < -0.39 is 10.0 Å². The lowest BCUT2D eigenvalue weighted by Gasteiger charge is -2.55. The second kappa shape index (κ2) is 5.10. The number of likely N-dealkylation sites (tertiary alicyclic amines) is 1. The van der Waals surface area contributed by atoms with Crippen molar-refractivity contribution in [1.29, 1.82) is 0 Å². The van der Waals surface area contributed by atoms with Crippen LogP contribution in [0.4, 0.5) is 0 Å². The van der Waals surface area contributed by atoms with E-state index in [2.05, 4.69) is 0 Å². The first-order valence-electron chi connectivity index (χ1n) is 7.25. The molecule has 1 aromatic rings. The number of hydrogen-bond acceptors (Lipinski definition) is 3. The second-order valence-corrected chi connectivity index (χ2v) is 7.91. The fraction of sp³-hybridized carbons (Fsp3) is 0.533. The van der Waals surface area contributed by atoms with Gasteiger partial charge in [-0.2, -0.15) is 4.31 Å². The van der Waals surface area contributed by atoms with Crippen molar-refractivity contribution in [2.24, 2.45) is 0 Å². The normalized spacial score (nSPS) is 26.6. The first kappa shape index (κ1) is 14.5. The van der Waals surface area contributed by atoms with Crippen molar-refractivity contribution >= 4 is 15.9 Å². The smallest absolute Gasteiger partial charge is 0.253 e. The fourth-order valence-corrected chi connectivity index (χ4v) is 4.86. The first-order valence-corrected chi connectivity index (χ1v) is 9.09. The number of amides is 1. The van der Waals surface area contributed by atoms with Gasteiger partial charge in [0.1, 0.15) is 0 Å². The Morgan fingerprint density at radius 1 is 1.14 bits per heavy atom. The van der Waals surface area contributed by atoms with Crippen LogP contribution in [0.5, 0.6) is 0 Å². The van der Waals surface area contributed by atoms with Crippen molar-refractivity contribution in [2.75, 3.05) is 25.9 Å². The van der Waals surface area contributed by atoms with Gasteiger partial charge in [-0.25, -0.2) is 8.42 Å². The van der Waals surface area contributed by atoms with Gasteiger partial charge in [0.2, 0.25) is 10.0 Å². The molecule has 0 saturated carbocycles. The summed E-state index contributed by atoms with van der Waals surface area (Å²) in [6, 6.07) is 9.18. The van der Waals surface area contributed by atoms with E-state index in [-0.39, 0.29) is 11.4 Å². The van der Waals surface area contributed by atoms with Gasteiger partial charge in [0, 0.05) is 25.2 Å². The average Bonchev–Trinajstić information content (AvgIpc) is 2.44. The van der Waals surface area contributed by atoms with E-state index in [0.29, 0.717) is 25.2 Å². The molecule has 0 aromatic heterocycles. The number of rotatable bonds is 2. The predicted molar refractivity (Wildman–Crippen MR) is 80.5 cm³/mol. The molecule has 114 valence electrons. The van der Waals surface area contributed by atoms with Gasteiger partial charge in [-0.15, -0.1) is 0 Å². The molecular formula is C15H20N2O3S. The minimum absolute atomic E-state index is 0.00461. The molecule has 1 atom stereocenters. The van der Waals surface area contributed by atoms with Crippen molar-refractivity contribution in [2.45, 2.75) is 24.8 Å². The Bertz CT molecular complexity index is 644. The molecule has 21 heavy (non-hydrogen) atoms. The molecule has 2 heterocycles. The maximum Gasteiger partial charge on any atom is 0.253 e. The Labute approximate surface area is 125 Å². The third-order valence-corrected chi connectivity index (χ3v) is 5.94. The maximum atomic E-state index is 12.5. The lowest BCUT2D eigenvalue weighted by Crippen LogP contribution is -2.68.